The zero-order valence-electron chi connectivity index (χ0n) is 23.3. The maximum atomic E-state index is 13.9. The molecule has 11 heteroatoms. The first-order valence-corrected chi connectivity index (χ1v) is 14.1. The molecule has 44 heavy (non-hydrogen) atoms. The van der Waals surface area contributed by atoms with Gasteiger partial charge in [0.1, 0.15) is 17.6 Å². The maximum absolute atomic E-state index is 13.9. The van der Waals surface area contributed by atoms with Gasteiger partial charge in [0.15, 0.2) is 0 Å². The number of allylic oxidation sites excluding steroid dienone is 3. The summed E-state index contributed by atoms with van der Waals surface area (Å²) >= 11 is 0. The molecular weight excluding hydrogens is 580 g/mol. The van der Waals surface area contributed by atoms with Gasteiger partial charge in [0.05, 0.1) is 16.8 Å². The average Bonchev–Trinajstić information content (AvgIpc) is 3.26. The Balaban J connectivity index is 1.34. The topological polar surface area (TPSA) is 53.4 Å². The molecule has 0 spiro atoms. The van der Waals surface area contributed by atoms with E-state index in [1.807, 2.05) is 12.1 Å². The lowest BCUT2D eigenvalue weighted by atomic mass is 9.94. The summed E-state index contributed by atoms with van der Waals surface area (Å²) in [4.78, 5) is 15.8. The van der Waals surface area contributed by atoms with Crippen LogP contribution in [-0.2, 0) is 25.6 Å². The summed E-state index contributed by atoms with van der Waals surface area (Å²) in [5.74, 6) is -1.10. The zero-order chi connectivity index (χ0) is 30.9. The number of fused-ring (bicyclic) bond motifs is 2. The molecule has 0 fully saturated rings. The van der Waals surface area contributed by atoms with Crippen LogP contribution in [0, 0.1) is 5.92 Å². The Morgan fingerprint density at radius 1 is 0.864 bits per heavy atom. The summed E-state index contributed by atoms with van der Waals surface area (Å²) in [6.45, 7) is 2.30. The van der Waals surface area contributed by atoms with Gasteiger partial charge in [-0.2, -0.15) is 26.3 Å². The van der Waals surface area contributed by atoms with E-state index < -0.39 is 23.8 Å². The molecule has 5 nitrogen and oxygen atoms in total. The van der Waals surface area contributed by atoms with Gasteiger partial charge >= 0.3 is 12.4 Å². The first kappa shape index (κ1) is 29.6. The van der Waals surface area contributed by atoms with Gasteiger partial charge in [-0.1, -0.05) is 42.5 Å². The number of nitrogens with one attached hydrogen (secondary N) is 1. The number of hydrogen-bond donors (Lipinski definition) is 1. The molecule has 3 aromatic carbocycles. The highest BCUT2D eigenvalue weighted by molar-refractivity contribution is 6.07. The van der Waals surface area contributed by atoms with Gasteiger partial charge in [-0.05, 0) is 65.6 Å². The Bertz CT molecular complexity index is 1760. The lowest BCUT2D eigenvalue weighted by Gasteiger charge is -2.28. The number of benzene rings is 3. The fraction of sp³-hybridized carbons (Fsp3) is 0.242. The van der Waals surface area contributed by atoms with E-state index in [4.69, 9.17) is 9.97 Å². The van der Waals surface area contributed by atoms with Crippen molar-refractivity contribution in [1.82, 2.24) is 14.9 Å². The van der Waals surface area contributed by atoms with Gasteiger partial charge in [-0.25, -0.2) is 9.97 Å². The number of nitrogens with zero attached hydrogens (tertiary/aromatic N) is 4. The highest BCUT2D eigenvalue weighted by Gasteiger charge is 2.42. The zero-order valence-corrected chi connectivity index (χ0v) is 23.3. The van der Waals surface area contributed by atoms with E-state index in [1.165, 1.54) is 47.7 Å². The van der Waals surface area contributed by atoms with Crippen LogP contribution in [0.15, 0.2) is 96.2 Å². The van der Waals surface area contributed by atoms with Gasteiger partial charge in [-0.3, -0.25) is 9.89 Å². The SMILES string of the molecule is FC(F)(F)c1ccc(Nc2nc(CCN3CCc4ccccc4C3)nc3cc(C4=NC=CC=CC4C(F)(F)F)ccc23)cc1. The van der Waals surface area contributed by atoms with Crippen molar-refractivity contribution >= 4 is 28.1 Å². The third kappa shape index (κ3) is 6.52. The molecule has 1 aromatic heterocycles. The third-order valence-corrected chi connectivity index (χ3v) is 7.74. The summed E-state index contributed by atoms with van der Waals surface area (Å²) in [5, 5.41) is 3.60. The van der Waals surface area contributed by atoms with Crippen LogP contribution in [0.1, 0.15) is 28.1 Å². The van der Waals surface area contributed by atoms with Crippen molar-refractivity contribution in [3.8, 4) is 0 Å². The van der Waals surface area contributed by atoms with E-state index in [9.17, 15) is 26.3 Å². The smallest absolute Gasteiger partial charge is 0.340 e. The standard InChI is InChI=1S/C33H27F6N5/c34-32(35,36)24-9-11-25(12-10-24)41-31-26-13-8-22(30-27(33(37,38)39)7-3-4-16-40-30)19-28(26)42-29(43-31)15-18-44-17-14-21-5-1-2-6-23(21)20-44/h1-13,16,19,27H,14-15,17-18,20H2,(H,41,42,43). The van der Waals surface area contributed by atoms with Crippen molar-refractivity contribution in [3.63, 3.8) is 0 Å². The minimum atomic E-state index is -4.55. The van der Waals surface area contributed by atoms with Crippen LogP contribution >= 0.6 is 0 Å². The molecule has 1 N–H and O–H groups in total. The molecule has 0 saturated carbocycles. The van der Waals surface area contributed by atoms with Gasteiger partial charge in [0, 0.05) is 43.3 Å². The molecule has 226 valence electrons. The Labute approximate surface area is 249 Å². The Hall–Kier alpha value is -4.51. The van der Waals surface area contributed by atoms with Crippen LogP contribution in [0.2, 0.25) is 0 Å². The Morgan fingerprint density at radius 3 is 2.39 bits per heavy atom. The predicted octanol–water partition coefficient (Wildman–Crippen LogP) is 8.04. The molecule has 2 aliphatic heterocycles. The van der Waals surface area contributed by atoms with Crippen molar-refractivity contribution < 1.29 is 26.3 Å². The second kappa shape index (κ2) is 11.9. The maximum Gasteiger partial charge on any atom is 0.416 e. The number of rotatable bonds is 6. The number of aromatic nitrogens is 2. The number of halogens is 6. The molecule has 1 atom stereocenters. The van der Waals surface area contributed by atoms with Crippen LogP contribution < -0.4 is 5.32 Å². The van der Waals surface area contributed by atoms with E-state index in [1.54, 1.807) is 12.1 Å². The predicted molar refractivity (Wildman–Crippen MR) is 158 cm³/mol. The number of alkyl halides is 6. The molecule has 0 saturated heterocycles. The number of aliphatic imine (C=N–C) groups is 1. The minimum absolute atomic E-state index is 0.159. The molecule has 0 amide bonds. The first-order chi connectivity index (χ1) is 21.0. The van der Waals surface area contributed by atoms with Crippen molar-refractivity contribution in [1.29, 1.82) is 0 Å². The largest absolute Gasteiger partial charge is 0.416 e. The number of anilines is 2. The fourth-order valence-electron chi connectivity index (χ4n) is 5.46. The van der Waals surface area contributed by atoms with E-state index in [0.717, 1.165) is 37.7 Å². The molecule has 3 heterocycles. The van der Waals surface area contributed by atoms with Crippen LogP contribution in [0.3, 0.4) is 0 Å². The summed E-state index contributed by atoms with van der Waals surface area (Å²) in [5.41, 5.74) is 2.68. The summed E-state index contributed by atoms with van der Waals surface area (Å²) in [6, 6.07) is 17.5. The highest BCUT2D eigenvalue weighted by atomic mass is 19.4. The quantitative estimate of drug-likeness (QED) is 0.226. The van der Waals surface area contributed by atoms with Gasteiger partial charge in [0.2, 0.25) is 0 Å². The van der Waals surface area contributed by atoms with E-state index in [2.05, 4.69) is 27.3 Å². The van der Waals surface area contributed by atoms with Gasteiger partial charge in [0.25, 0.3) is 0 Å². The van der Waals surface area contributed by atoms with Crippen molar-refractivity contribution in [2.24, 2.45) is 10.9 Å². The summed E-state index contributed by atoms with van der Waals surface area (Å²) < 4.78 is 81.2. The first-order valence-electron chi connectivity index (χ1n) is 14.1. The number of hydrogen-bond acceptors (Lipinski definition) is 5. The third-order valence-electron chi connectivity index (χ3n) is 7.74. The van der Waals surface area contributed by atoms with Crippen LogP contribution in [0.4, 0.5) is 37.8 Å². The summed E-state index contributed by atoms with van der Waals surface area (Å²) in [6.07, 6.45) is -2.49. The Morgan fingerprint density at radius 2 is 1.64 bits per heavy atom. The van der Waals surface area contributed by atoms with Crippen LogP contribution in [0.5, 0.6) is 0 Å². The second-order valence-electron chi connectivity index (χ2n) is 10.7. The molecule has 4 aromatic rings. The van der Waals surface area contributed by atoms with Crippen molar-refractivity contribution in [2.45, 2.75) is 31.7 Å². The van der Waals surface area contributed by atoms with Gasteiger partial charge < -0.3 is 5.32 Å². The normalized spacial score (nSPS) is 17.3. The van der Waals surface area contributed by atoms with Crippen LogP contribution in [-0.4, -0.2) is 39.8 Å². The molecule has 2 aliphatic rings. The van der Waals surface area contributed by atoms with E-state index in [0.29, 0.717) is 41.2 Å². The lowest BCUT2D eigenvalue weighted by Crippen LogP contribution is -2.32. The monoisotopic (exact) mass is 607 g/mol. The average molecular weight is 608 g/mol. The molecule has 0 radical (unpaired) electrons. The molecule has 0 aliphatic carbocycles. The highest BCUT2D eigenvalue weighted by Crippen LogP contribution is 2.34. The molecular formula is C33H27F6N5. The molecule has 1 unspecified atom stereocenters. The van der Waals surface area contributed by atoms with Crippen molar-refractivity contribution in [3.05, 3.63) is 119 Å². The second-order valence-corrected chi connectivity index (χ2v) is 10.7. The lowest BCUT2D eigenvalue weighted by molar-refractivity contribution is -0.143. The molecule has 6 rings (SSSR count). The van der Waals surface area contributed by atoms with Crippen molar-refractivity contribution in [2.75, 3.05) is 18.4 Å². The summed E-state index contributed by atoms with van der Waals surface area (Å²) in [7, 11) is 0. The van der Waals surface area contributed by atoms with Crippen LogP contribution in [0.25, 0.3) is 10.9 Å². The minimum Gasteiger partial charge on any atom is -0.340 e. The Kier molecular flexibility index (Phi) is 7.98. The van der Waals surface area contributed by atoms with E-state index >= 15 is 0 Å². The molecule has 0 bridgehead atoms. The van der Waals surface area contributed by atoms with E-state index in [-0.39, 0.29) is 11.3 Å². The fourth-order valence-corrected chi connectivity index (χ4v) is 5.46. The van der Waals surface area contributed by atoms with Gasteiger partial charge in [-0.15, -0.1) is 0 Å².